The Hall–Kier alpha value is -1.91. The van der Waals surface area contributed by atoms with Crippen molar-refractivity contribution in [2.45, 2.75) is 12.5 Å². The Morgan fingerprint density at radius 2 is 1.84 bits per heavy atom. The first-order valence-corrected chi connectivity index (χ1v) is 6.16. The van der Waals surface area contributed by atoms with E-state index in [2.05, 4.69) is 10.3 Å². The molecule has 2 aromatic rings. The summed E-state index contributed by atoms with van der Waals surface area (Å²) in [4.78, 5) is 15.6. The van der Waals surface area contributed by atoms with E-state index in [0.29, 0.717) is 16.3 Å². The lowest BCUT2D eigenvalue weighted by Crippen LogP contribution is -2.15. The zero-order chi connectivity index (χ0) is 13.7. The first-order valence-electron chi connectivity index (χ1n) is 5.78. The fraction of sp³-hybridized carbons (Fsp3) is 0.143. The summed E-state index contributed by atoms with van der Waals surface area (Å²) in [6.07, 6.45) is 2.32. The van der Waals surface area contributed by atoms with Gasteiger partial charge in [-0.1, -0.05) is 23.7 Å². The van der Waals surface area contributed by atoms with E-state index >= 15 is 0 Å². The number of nitrogens with zero attached hydrogens (tertiary/aromatic N) is 1. The number of carbonyl (C=O) groups excluding carboxylic acids is 1. The molecule has 1 unspecified atom stereocenters. The van der Waals surface area contributed by atoms with Crippen molar-refractivity contribution >= 4 is 23.2 Å². The summed E-state index contributed by atoms with van der Waals surface area (Å²) in [7, 11) is 0. The maximum absolute atomic E-state index is 11.7. The largest absolute Gasteiger partial charge is 0.388 e. The third kappa shape index (κ3) is 4.05. The van der Waals surface area contributed by atoms with E-state index in [9.17, 15) is 9.90 Å². The minimum absolute atomic E-state index is 0.00997. The van der Waals surface area contributed by atoms with Crippen LogP contribution in [0, 0.1) is 0 Å². The van der Waals surface area contributed by atoms with Gasteiger partial charge in [-0.3, -0.25) is 9.78 Å². The number of carbonyl (C=O) groups is 1. The van der Waals surface area contributed by atoms with Crippen molar-refractivity contribution < 1.29 is 9.90 Å². The van der Waals surface area contributed by atoms with Crippen molar-refractivity contribution in [1.82, 2.24) is 4.98 Å². The van der Waals surface area contributed by atoms with Gasteiger partial charge < -0.3 is 10.4 Å². The molecule has 1 aromatic carbocycles. The molecule has 1 heterocycles. The normalized spacial score (nSPS) is 11.9. The zero-order valence-corrected chi connectivity index (χ0v) is 10.8. The second kappa shape index (κ2) is 6.31. The van der Waals surface area contributed by atoms with Crippen LogP contribution in [0.25, 0.3) is 0 Å². The Bertz CT molecular complexity index is 543. The molecule has 0 saturated carbocycles. The molecule has 4 nitrogen and oxygen atoms in total. The Labute approximate surface area is 116 Å². The van der Waals surface area contributed by atoms with Crippen LogP contribution in [0.15, 0.2) is 48.8 Å². The lowest BCUT2D eigenvalue weighted by molar-refractivity contribution is -0.118. The minimum Gasteiger partial charge on any atom is -0.388 e. The van der Waals surface area contributed by atoms with Gasteiger partial charge in [0.1, 0.15) is 0 Å². The van der Waals surface area contributed by atoms with Crippen molar-refractivity contribution in [3.05, 3.63) is 59.4 Å². The Morgan fingerprint density at radius 1 is 1.21 bits per heavy atom. The monoisotopic (exact) mass is 276 g/mol. The highest BCUT2D eigenvalue weighted by Crippen LogP contribution is 2.19. The molecule has 5 heteroatoms. The summed E-state index contributed by atoms with van der Waals surface area (Å²) >= 11 is 5.76. The highest BCUT2D eigenvalue weighted by atomic mass is 35.5. The second-order valence-electron chi connectivity index (χ2n) is 4.06. The van der Waals surface area contributed by atoms with Crippen LogP contribution in [-0.4, -0.2) is 16.0 Å². The van der Waals surface area contributed by atoms with E-state index in [4.69, 9.17) is 11.6 Å². The molecule has 0 saturated heterocycles. The standard InChI is InChI=1S/C14H13ClN2O2/c15-11-3-1-10(2-4-11)13(18)9-14(19)17-12-5-7-16-8-6-12/h1-8,13,18H,9H2,(H,16,17,19). The molecular weight excluding hydrogens is 264 g/mol. The molecule has 0 aliphatic heterocycles. The summed E-state index contributed by atoms with van der Waals surface area (Å²) in [5.41, 5.74) is 1.32. The molecule has 2 N–H and O–H groups in total. The first kappa shape index (κ1) is 13.5. The second-order valence-corrected chi connectivity index (χ2v) is 4.49. The van der Waals surface area contributed by atoms with Crippen LogP contribution in [-0.2, 0) is 4.79 Å². The summed E-state index contributed by atoms with van der Waals surface area (Å²) < 4.78 is 0. The fourth-order valence-electron chi connectivity index (χ4n) is 1.63. The third-order valence-corrected chi connectivity index (χ3v) is 2.85. The van der Waals surface area contributed by atoms with E-state index in [1.54, 1.807) is 48.8 Å². The topological polar surface area (TPSA) is 62.2 Å². The van der Waals surface area contributed by atoms with Crippen LogP contribution in [0.5, 0.6) is 0 Å². The van der Waals surface area contributed by atoms with Gasteiger partial charge in [-0.15, -0.1) is 0 Å². The molecule has 19 heavy (non-hydrogen) atoms. The van der Waals surface area contributed by atoms with E-state index in [1.807, 2.05) is 0 Å². The number of hydrogen-bond donors (Lipinski definition) is 2. The van der Waals surface area contributed by atoms with Crippen LogP contribution in [0.2, 0.25) is 5.02 Å². The number of rotatable bonds is 4. The highest BCUT2D eigenvalue weighted by molar-refractivity contribution is 6.30. The molecule has 0 aliphatic rings. The summed E-state index contributed by atoms with van der Waals surface area (Å²) in [5, 5.41) is 13.2. The average molecular weight is 277 g/mol. The van der Waals surface area contributed by atoms with Crippen LogP contribution >= 0.6 is 11.6 Å². The smallest absolute Gasteiger partial charge is 0.227 e. The molecule has 0 fully saturated rings. The van der Waals surface area contributed by atoms with Gasteiger partial charge in [-0.2, -0.15) is 0 Å². The molecule has 0 aliphatic carbocycles. The van der Waals surface area contributed by atoms with Crippen molar-refractivity contribution in [2.75, 3.05) is 5.32 Å². The SMILES string of the molecule is O=C(CC(O)c1ccc(Cl)cc1)Nc1ccncc1. The van der Waals surface area contributed by atoms with Gasteiger partial charge in [0.05, 0.1) is 12.5 Å². The third-order valence-electron chi connectivity index (χ3n) is 2.60. The predicted molar refractivity (Wildman–Crippen MR) is 73.9 cm³/mol. The number of amides is 1. The number of aliphatic hydroxyl groups is 1. The predicted octanol–water partition coefficient (Wildman–Crippen LogP) is 2.80. The van der Waals surface area contributed by atoms with Gasteiger partial charge in [0.15, 0.2) is 0 Å². The summed E-state index contributed by atoms with van der Waals surface area (Å²) in [5.74, 6) is -0.256. The number of benzene rings is 1. The molecule has 98 valence electrons. The van der Waals surface area contributed by atoms with Crippen molar-refractivity contribution in [1.29, 1.82) is 0 Å². The van der Waals surface area contributed by atoms with E-state index in [-0.39, 0.29) is 12.3 Å². The quantitative estimate of drug-likeness (QED) is 0.903. The van der Waals surface area contributed by atoms with E-state index in [0.717, 1.165) is 0 Å². The first-order chi connectivity index (χ1) is 9.15. The average Bonchev–Trinajstić information content (AvgIpc) is 2.40. The van der Waals surface area contributed by atoms with Gasteiger partial charge in [0.25, 0.3) is 0 Å². The number of aliphatic hydroxyl groups excluding tert-OH is 1. The molecule has 0 radical (unpaired) electrons. The number of pyridine rings is 1. The maximum Gasteiger partial charge on any atom is 0.227 e. The summed E-state index contributed by atoms with van der Waals surface area (Å²) in [6, 6.07) is 10.1. The van der Waals surface area contributed by atoms with Gasteiger partial charge >= 0.3 is 0 Å². The Morgan fingerprint density at radius 3 is 2.47 bits per heavy atom. The van der Waals surface area contributed by atoms with Gasteiger partial charge in [0.2, 0.25) is 5.91 Å². The van der Waals surface area contributed by atoms with Gasteiger partial charge in [0, 0.05) is 23.1 Å². The molecule has 1 aromatic heterocycles. The fourth-order valence-corrected chi connectivity index (χ4v) is 1.75. The molecule has 1 atom stereocenters. The minimum atomic E-state index is -0.848. The van der Waals surface area contributed by atoms with Crippen LogP contribution in [0.1, 0.15) is 18.1 Å². The molecular formula is C14H13ClN2O2. The van der Waals surface area contributed by atoms with Gasteiger partial charge in [-0.05, 0) is 29.8 Å². The summed E-state index contributed by atoms with van der Waals surface area (Å²) in [6.45, 7) is 0. The molecule has 0 bridgehead atoms. The molecule has 2 rings (SSSR count). The number of aromatic nitrogens is 1. The van der Waals surface area contributed by atoms with Crippen LogP contribution < -0.4 is 5.32 Å². The van der Waals surface area contributed by atoms with Crippen molar-refractivity contribution in [2.24, 2.45) is 0 Å². The number of hydrogen-bond acceptors (Lipinski definition) is 3. The highest BCUT2D eigenvalue weighted by Gasteiger charge is 2.13. The maximum atomic E-state index is 11.7. The molecule has 1 amide bonds. The van der Waals surface area contributed by atoms with Crippen molar-refractivity contribution in [3.8, 4) is 0 Å². The van der Waals surface area contributed by atoms with E-state index < -0.39 is 6.10 Å². The lowest BCUT2D eigenvalue weighted by atomic mass is 10.1. The van der Waals surface area contributed by atoms with Crippen LogP contribution in [0.4, 0.5) is 5.69 Å². The van der Waals surface area contributed by atoms with Gasteiger partial charge in [-0.25, -0.2) is 0 Å². The van der Waals surface area contributed by atoms with E-state index in [1.165, 1.54) is 0 Å². The lowest BCUT2D eigenvalue weighted by Gasteiger charge is -2.11. The number of nitrogens with one attached hydrogen (secondary N) is 1. The van der Waals surface area contributed by atoms with Crippen molar-refractivity contribution in [3.63, 3.8) is 0 Å². The Balaban J connectivity index is 1.93. The Kier molecular flexibility index (Phi) is 4.49. The molecule has 0 spiro atoms. The number of halogens is 1. The number of anilines is 1. The van der Waals surface area contributed by atoms with Crippen LogP contribution in [0.3, 0.4) is 0 Å². The zero-order valence-electron chi connectivity index (χ0n) is 10.1.